The van der Waals surface area contributed by atoms with E-state index in [0.717, 1.165) is 39.0 Å². The SMILES string of the molecule is CCN(C(=O)C(N)C(C)C)[C@H]1CCCN(Cc2ccccc2)C1. The van der Waals surface area contributed by atoms with Crippen molar-refractivity contribution in [1.29, 1.82) is 0 Å². The minimum absolute atomic E-state index is 0.106. The first-order valence-electron chi connectivity index (χ1n) is 8.85. The molecular formula is C19H31N3O. The van der Waals surface area contributed by atoms with E-state index in [0.29, 0.717) is 0 Å². The van der Waals surface area contributed by atoms with Crippen LogP contribution in [0, 0.1) is 5.92 Å². The zero-order valence-corrected chi connectivity index (χ0v) is 14.7. The lowest BCUT2D eigenvalue weighted by atomic mass is 9.99. The molecule has 1 amide bonds. The molecule has 0 aliphatic carbocycles. The molecule has 0 aromatic heterocycles. The summed E-state index contributed by atoms with van der Waals surface area (Å²) in [5.74, 6) is 0.287. The minimum Gasteiger partial charge on any atom is -0.337 e. The first-order chi connectivity index (χ1) is 11.0. The predicted octanol–water partition coefficient (Wildman–Crippen LogP) is 2.48. The zero-order chi connectivity index (χ0) is 16.8. The molecule has 1 aliphatic heterocycles. The van der Waals surface area contributed by atoms with Gasteiger partial charge in [-0.15, -0.1) is 0 Å². The summed E-state index contributed by atoms with van der Waals surface area (Å²) in [7, 11) is 0. The molecule has 0 bridgehead atoms. The van der Waals surface area contributed by atoms with Crippen LogP contribution in [0.15, 0.2) is 30.3 Å². The number of hydrogen-bond donors (Lipinski definition) is 1. The Hall–Kier alpha value is -1.39. The van der Waals surface area contributed by atoms with Crippen molar-refractivity contribution in [2.24, 2.45) is 11.7 Å². The third kappa shape index (κ3) is 4.79. The monoisotopic (exact) mass is 317 g/mol. The van der Waals surface area contributed by atoms with Crippen LogP contribution in [0.25, 0.3) is 0 Å². The lowest BCUT2D eigenvalue weighted by Gasteiger charge is -2.40. The van der Waals surface area contributed by atoms with Gasteiger partial charge in [-0.05, 0) is 37.8 Å². The average Bonchev–Trinajstić information content (AvgIpc) is 2.56. The molecule has 1 aromatic carbocycles. The van der Waals surface area contributed by atoms with Gasteiger partial charge in [-0.1, -0.05) is 44.2 Å². The highest BCUT2D eigenvalue weighted by Gasteiger charge is 2.31. The van der Waals surface area contributed by atoms with Gasteiger partial charge in [0, 0.05) is 25.7 Å². The molecule has 1 heterocycles. The Balaban J connectivity index is 1.99. The fourth-order valence-electron chi connectivity index (χ4n) is 3.34. The molecule has 4 heteroatoms. The normalized spacial score (nSPS) is 20.5. The molecule has 23 heavy (non-hydrogen) atoms. The third-order valence-electron chi connectivity index (χ3n) is 4.80. The molecule has 1 fully saturated rings. The van der Waals surface area contributed by atoms with E-state index >= 15 is 0 Å². The second-order valence-corrected chi connectivity index (χ2v) is 6.91. The summed E-state index contributed by atoms with van der Waals surface area (Å²) in [4.78, 5) is 17.1. The molecule has 2 rings (SSSR count). The quantitative estimate of drug-likeness (QED) is 0.877. The Morgan fingerprint density at radius 2 is 2.04 bits per heavy atom. The van der Waals surface area contributed by atoms with Gasteiger partial charge in [-0.3, -0.25) is 9.69 Å². The number of likely N-dealkylation sites (tertiary alicyclic amines) is 1. The molecule has 0 spiro atoms. The number of piperidine rings is 1. The summed E-state index contributed by atoms with van der Waals surface area (Å²) >= 11 is 0. The second kappa shape index (κ2) is 8.46. The number of likely N-dealkylation sites (N-methyl/N-ethyl adjacent to an activating group) is 1. The zero-order valence-electron chi connectivity index (χ0n) is 14.7. The summed E-state index contributed by atoms with van der Waals surface area (Å²) < 4.78 is 0. The van der Waals surface area contributed by atoms with E-state index in [1.54, 1.807) is 0 Å². The first kappa shape index (κ1) is 18.0. The molecule has 0 saturated carbocycles. The van der Waals surface area contributed by atoms with Crippen LogP contribution < -0.4 is 5.73 Å². The topological polar surface area (TPSA) is 49.6 Å². The molecule has 2 N–H and O–H groups in total. The van der Waals surface area contributed by atoms with E-state index in [2.05, 4.69) is 36.1 Å². The third-order valence-corrected chi connectivity index (χ3v) is 4.80. The summed E-state index contributed by atoms with van der Waals surface area (Å²) in [6, 6.07) is 10.4. The van der Waals surface area contributed by atoms with E-state index < -0.39 is 0 Å². The van der Waals surface area contributed by atoms with E-state index in [9.17, 15) is 4.79 Å². The number of hydrogen-bond acceptors (Lipinski definition) is 3. The van der Waals surface area contributed by atoms with Crippen molar-refractivity contribution in [3.05, 3.63) is 35.9 Å². The maximum Gasteiger partial charge on any atom is 0.240 e. The van der Waals surface area contributed by atoms with Crippen molar-refractivity contribution >= 4 is 5.91 Å². The van der Waals surface area contributed by atoms with Crippen LogP contribution in [0.2, 0.25) is 0 Å². The lowest BCUT2D eigenvalue weighted by molar-refractivity contribution is -0.136. The molecule has 1 aliphatic rings. The number of benzene rings is 1. The van der Waals surface area contributed by atoms with Gasteiger partial charge in [0.2, 0.25) is 5.91 Å². The summed E-state index contributed by atoms with van der Waals surface area (Å²) in [5.41, 5.74) is 7.43. The van der Waals surface area contributed by atoms with E-state index in [-0.39, 0.29) is 23.9 Å². The smallest absolute Gasteiger partial charge is 0.240 e. The Bertz CT molecular complexity index is 489. The van der Waals surface area contributed by atoms with Crippen LogP contribution >= 0.6 is 0 Å². The van der Waals surface area contributed by atoms with Crippen LogP contribution in [0.5, 0.6) is 0 Å². The van der Waals surface area contributed by atoms with Gasteiger partial charge in [0.05, 0.1) is 6.04 Å². The highest BCUT2D eigenvalue weighted by atomic mass is 16.2. The molecule has 1 unspecified atom stereocenters. The van der Waals surface area contributed by atoms with Gasteiger partial charge in [-0.2, -0.15) is 0 Å². The standard InChI is InChI=1S/C19H31N3O/c1-4-22(19(23)18(20)15(2)3)17-11-8-12-21(14-17)13-16-9-6-5-7-10-16/h5-7,9-10,15,17-18H,4,8,11-14,20H2,1-3H3/t17-,18?/m0/s1. The van der Waals surface area contributed by atoms with Crippen LogP contribution in [0.3, 0.4) is 0 Å². The summed E-state index contributed by atoms with van der Waals surface area (Å²) in [6.07, 6.45) is 2.22. The van der Waals surface area contributed by atoms with Gasteiger partial charge >= 0.3 is 0 Å². The van der Waals surface area contributed by atoms with Crippen molar-refractivity contribution in [3.63, 3.8) is 0 Å². The lowest BCUT2D eigenvalue weighted by Crippen LogP contribution is -2.55. The van der Waals surface area contributed by atoms with Crippen LogP contribution in [-0.2, 0) is 11.3 Å². The van der Waals surface area contributed by atoms with Crippen LogP contribution in [-0.4, -0.2) is 47.4 Å². The van der Waals surface area contributed by atoms with Crippen molar-refractivity contribution in [3.8, 4) is 0 Å². The van der Waals surface area contributed by atoms with Gasteiger partial charge in [0.1, 0.15) is 0 Å². The fraction of sp³-hybridized carbons (Fsp3) is 0.632. The molecule has 0 radical (unpaired) electrons. The molecule has 2 atom stereocenters. The predicted molar refractivity (Wildman–Crippen MR) is 94.9 cm³/mol. The molecule has 128 valence electrons. The van der Waals surface area contributed by atoms with Crippen molar-refractivity contribution < 1.29 is 4.79 Å². The van der Waals surface area contributed by atoms with Gasteiger partial charge in [0.15, 0.2) is 0 Å². The number of rotatable bonds is 6. The van der Waals surface area contributed by atoms with Crippen molar-refractivity contribution in [1.82, 2.24) is 9.80 Å². The van der Waals surface area contributed by atoms with Gasteiger partial charge < -0.3 is 10.6 Å². The molecule has 4 nitrogen and oxygen atoms in total. The number of carbonyl (C=O) groups excluding carboxylic acids is 1. The van der Waals surface area contributed by atoms with Crippen molar-refractivity contribution in [2.45, 2.75) is 52.2 Å². The Labute approximate surface area is 140 Å². The minimum atomic E-state index is -0.389. The first-order valence-corrected chi connectivity index (χ1v) is 8.85. The Kier molecular flexibility index (Phi) is 6.60. The largest absolute Gasteiger partial charge is 0.337 e. The number of carbonyl (C=O) groups is 1. The van der Waals surface area contributed by atoms with Crippen LogP contribution in [0.1, 0.15) is 39.2 Å². The molecular weight excluding hydrogens is 286 g/mol. The summed E-state index contributed by atoms with van der Waals surface area (Å²) in [5, 5.41) is 0. The van der Waals surface area contributed by atoms with E-state index in [4.69, 9.17) is 5.73 Å². The maximum atomic E-state index is 12.7. The van der Waals surface area contributed by atoms with E-state index in [1.165, 1.54) is 5.56 Å². The van der Waals surface area contributed by atoms with E-state index in [1.807, 2.05) is 24.8 Å². The van der Waals surface area contributed by atoms with Gasteiger partial charge in [0.25, 0.3) is 0 Å². The number of amides is 1. The summed E-state index contributed by atoms with van der Waals surface area (Å²) in [6.45, 7) is 9.83. The number of nitrogens with two attached hydrogens (primary N) is 1. The molecule has 1 saturated heterocycles. The maximum absolute atomic E-state index is 12.7. The fourth-order valence-corrected chi connectivity index (χ4v) is 3.34. The van der Waals surface area contributed by atoms with Crippen molar-refractivity contribution in [2.75, 3.05) is 19.6 Å². The Morgan fingerprint density at radius 3 is 2.65 bits per heavy atom. The molecule has 1 aromatic rings. The van der Waals surface area contributed by atoms with Crippen LogP contribution in [0.4, 0.5) is 0 Å². The Morgan fingerprint density at radius 1 is 1.35 bits per heavy atom. The second-order valence-electron chi connectivity index (χ2n) is 6.91. The highest BCUT2D eigenvalue weighted by molar-refractivity contribution is 5.82. The highest BCUT2D eigenvalue weighted by Crippen LogP contribution is 2.19. The number of nitrogens with zero attached hydrogens (tertiary/aromatic N) is 2. The van der Waals surface area contributed by atoms with Gasteiger partial charge in [-0.25, -0.2) is 0 Å². The average molecular weight is 317 g/mol.